The van der Waals surface area contributed by atoms with Gasteiger partial charge in [0.15, 0.2) is 5.82 Å². The molecule has 0 spiro atoms. The summed E-state index contributed by atoms with van der Waals surface area (Å²) in [6, 6.07) is 3.45. The minimum absolute atomic E-state index is 0.281. The average Bonchev–Trinajstić information content (AvgIpc) is 2.93. The summed E-state index contributed by atoms with van der Waals surface area (Å²) in [5.41, 5.74) is 9.12. The number of phenols is 1. The van der Waals surface area contributed by atoms with Gasteiger partial charge in [0, 0.05) is 17.6 Å². The quantitative estimate of drug-likeness (QED) is 0.673. The number of hydrogen-bond donors (Lipinski definition) is 3. The number of hydrogen-bond acceptors (Lipinski definition) is 5. The molecule has 2 heterocycles. The van der Waals surface area contributed by atoms with Crippen molar-refractivity contribution in [3.8, 4) is 5.75 Å². The lowest BCUT2D eigenvalue weighted by molar-refractivity contribution is 0.129. The number of aryl methyl sites for hydroxylation is 1. The lowest BCUT2D eigenvalue weighted by Gasteiger charge is -2.09. The van der Waals surface area contributed by atoms with Crippen LogP contribution in [0.4, 0.5) is 5.82 Å². The number of nitrogens with one attached hydrogen (secondary N) is 1. The number of anilines is 1. The summed E-state index contributed by atoms with van der Waals surface area (Å²) < 4.78 is 5.40. The Bertz CT molecular complexity index is 826. The smallest absolute Gasteiger partial charge is 0.152 e. The molecule has 0 aliphatic carbocycles. The van der Waals surface area contributed by atoms with Gasteiger partial charge in [0.1, 0.15) is 23.7 Å². The van der Waals surface area contributed by atoms with Gasteiger partial charge >= 0.3 is 0 Å². The van der Waals surface area contributed by atoms with Crippen LogP contribution in [0.5, 0.6) is 5.75 Å². The lowest BCUT2D eigenvalue weighted by Crippen LogP contribution is -1.96. The predicted molar refractivity (Wildman–Crippen MR) is 86.8 cm³/mol. The van der Waals surface area contributed by atoms with Crippen LogP contribution in [0.3, 0.4) is 0 Å². The molecule has 0 radical (unpaired) electrons. The Morgan fingerprint density at radius 2 is 2.09 bits per heavy atom. The Morgan fingerprint density at radius 1 is 1.27 bits per heavy atom. The number of phenolic OH excluding ortho intramolecular Hbond substituents is 1. The molecule has 6 nitrogen and oxygen atoms in total. The fraction of sp³-hybridized carbons (Fsp3) is 0.375. The van der Waals surface area contributed by atoms with Gasteiger partial charge in [-0.25, -0.2) is 9.97 Å². The van der Waals surface area contributed by atoms with Crippen LogP contribution < -0.4 is 5.73 Å². The van der Waals surface area contributed by atoms with E-state index in [1.165, 1.54) is 0 Å². The topological polar surface area (TPSA) is 97.1 Å². The summed E-state index contributed by atoms with van der Waals surface area (Å²) >= 11 is 0. The number of fused-ring (bicyclic) bond motifs is 3. The number of ether oxygens (including phenoxy) is 1. The van der Waals surface area contributed by atoms with Gasteiger partial charge in [0.2, 0.25) is 0 Å². The Hall–Kier alpha value is -2.34. The van der Waals surface area contributed by atoms with Crippen molar-refractivity contribution in [1.82, 2.24) is 15.0 Å². The second kappa shape index (κ2) is 5.81. The van der Waals surface area contributed by atoms with Gasteiger partial charge in [-0.05, 0) is 25.5 Å². The monoisotopic (exact) mass is 300 g/mol. The average molecular weight is 300 g/mol. The maximum atomic E-state index is 10.2. The van der Waals surface area contributed by atoms with E-state index in [1.54, 1.807) is 12.1 Å². The molecule has 3 aromatic rings. The minimum atomic E-state index is 0.281. The van der Waals surface area contributed by atoms with Crippen molar-refractivity contribution < 1.29 is 9.84 Å². The zero-order valence-corrected chi connectivity index (χ0v) is 12.8. The van der Waals surface area contributed by atoms with Crippen LogP contribution in [0.25, 0.3) is 21.9 Å². The number of nitrogens with two attached hydrogens (primary N) is 1. The molecule has 3 rings (SSSR count). The highest BCUT2D eigenvalue weighted by Gasteiger charge is 2.16. The van der Waals surface area contributed by atoms with Crippen molar-refractivity contribution in [1.29, 1.82) is 0 Å². The third-order valence-corrected chi connectivity index (χ3v) is 3.70. The van der Waals surface area contributed by atoms with E-state index in [0.717, 1.165) is 34.8 Å². The van der Waals surface area contributed by atoms with E-state index in [1.807, 2.05) is 6.92 Å². The highest BCUT2D eigenvalue weighted by atomic mass is 16.5. The predicted octanol–water partition coefficient (Wildman–Crippen LogP) is 2.89. The molecule has 0 aliphatic heterocycles. The SMILES string of the molecule is CCCc1c(O)ccc2nc(N)c3nc(COCC)[nH]c3c12. The number of aromatic amines is 1. The summed E-state index contributed by atoms with van der Waals surface area (Å²) in [4.78, 5) is 12.2. The van der Waals surface area contributed by atoms with Gasteiger partial charge in [-0.2, -0.15) is 0 Å². The van der Waals surface area contributed by atoms with Crippen molar-refractivity contribution in [3.05, 3.63) is 23.5 Å². The molecule has 116 valence electrons. The van der Waals surface area contributed by atoms with E-state index >= 15 is 0 Å². The highest BCUT2D eigenvalue weighted by Crippen LogP contribution is 2.34. The molecular weight excluding hydrogens is 280 g/mol. The number of imidazole rings is 1. The number of aromatic nitrogens is 3. The first kappa shape index (κ1) is 14.6. The first-order chi connectivity index (χ1) is 10.7. The van der Waals surface area contributed by atoms with Crippen LogP contribution >= 0.6 is 0 Å². The van der Waals surface area contributed by atoms with Crippen molar-refractivity contribution in [2.75, 3.05) is 12.3 Å². The van der Waals surface area contributed by atoms with Gasteiger partial charge in [-0.1, -0.05) is 13.3 Å². The van der Waals surface area contributed by atoms with Crippen LogP contribution in [-0.4, -0.2) is 26.7 Å². The lowest BCUT2D eigenvalue weighted by atomic mass is 10.0. The number of aromatic hydroxyl groups is 1. The maximum Gasteiger partial charge on any atom is 0.152 e. The zero-order valence-electron chi connectivity index (χ0n) is 12.8. The molecule has 0 atom stereocenters. The Balaban J connectivity index is 2.31. The number of benzene rings is 1. The maximum absolute atomic E-state index is 10.2. The first-order valence-electron chi connectivity index (χ1n) is 7.52. The molecule has 1 aromatic carbocycles. The number of H-pyrrole nitrogens is 1. The molecule has 6 heteroatoms. The zero-order chi connectivity index (χ0) is 15.7. The van der Waals surface area contributed by atoms with Gasteiger partial charge in [-0.3, -0.25) is 0 Å². The van der Waals surface area contributed by atoms with Crippen molar-refractivity contribution >= 4 is 27.8 Å². The molecule has 2 aromatic heterocycles. The summed E-state index contributed by atoms with van der Waals surface area (Å²) in [5, 5.41) is 11.1. The van der Waals surface area contributed by atoms with Crippen LogP contribution in [0.15, 0.2) is 12.1 Å². The largest absolute Gasteiger partial charge is 0.508 e. The molecule has 22 heavy (non-hydrogen) atoms. The third-order valence-electron chi connectivity index (χ3n) is 3.70. The summed E-state index contributed by atoms with van der Waals surface area (Å²) in [7, 11) is 0. The number of pyridine rings is 1. The summed E-state index contributed by atoms with van der Waals surface area (Å²) in [6.07, 6.45) is 1.70. The van der Waals surface area contributed by atoms with Gasteiger partial charge in [0.25, 0.3) is 0 Å². The summed E-state index contributed by atoms with van der Waals surface area (Å²) in [6.45, 7) is 5.03. The highest BCUT2D eigenvalue weighted by molar-refractivity contribution is 6.08. The molecule has 4 N–H and O–H groups in total. The second-order valence-corrected chi connectivity index (χ2v) is 5.25. The molecule has 0 saturated heterocycles. The third kappa shape index (κ3) is 2.35. The van der Waals surface area contributed by atoms with E-state index in [9.17, 15) is 5.11 Å². The Labute approximate surface area is 128 Å². The van der Waals surface area contributed by atoms with E-state index in [-0.39, 0.29) is 5.75 Å². The van der Waals surface area contributed by atoms with Crippen LogP contribution in [0, 0.1) is 0 Å². The number of nitrogens with zero attached hydrogens (tertiary/aromatic N) is 2. The number of rotatable bonds is 5. The molecule has 0 amide bonds. The fourth-order valence-electron chi connectivity index (χ4n) is 2.74. The van der Waals surface area contributed by atoms with Crippen molar-refractivity contribution in [2.45, 2.75) is 33.3 Å². The first-order valence-corrected chi connectivity index (χ1v) is 7.52. The van der Waals surface area contributed by atoms with Crippen LogP contribution in [0.2, 0.25) is 0 Å². The van der Waals surface area contributed by atoms with Crippen LogP contribution in [0.1, 0.15) is 31.7 Å². The standard InChI is InChI=1S/C16H20N4O2/c1-3-5-9-11(21)7-6-10-13(9)14-15(16(17)18-10)20-12(19-14)8-22-4-2/h6-7,21H,3-5,8H2,1-2H3,(H2,17,18)(H,19,20). The molecular formula is C16H20N4O2. The van der Waals surface area contributed by atoms with Crippen molar-refractivity contribution in [3.63, 3.8) is 0 Å². The molecule has 0 fully saturated rings. The fourth-order valence-corrected chi connectivity index (χ4v) is 2.74. The summed E-state index contributed by atoms with van der Waals surface area (Å²) in [5.74, 6) is 1.38. The van der Waals surface area contributed by atoms with Crippen molar-refractivity contribution in [2.24, 2.45) is 0 Å². The van der Waals surface area contributed by atoms with E-state index in [0.29, 0.717) is 30.4 Å². The molecule has 0 aliphatic rings. The Kier molecular flexibility index (Phi) is 3.85. The molecule has 0 unspecified atom stereocenters. The van der Waals surface area contributed by atoms with E-state index in [2.05, 4.69) is 21.9 Å². The molecule has 0 bridgehead atoms. The van der Waals surface area contributed by atoms with E-state index < -0.39 is 0 Å². The second-order valence-electron chi connectivity index (χ2n) is 5.25. The van der Waals surface area contributed by atoms with Gasteiger partial charge in [-0.15, -0.1) is 0 Å². The van der Waals surface area contributed by atoms with Gasteiger partial charge < -0.3 is 20.6 Å². The normalized spacial score (nSPS) is 11.5. The van der Waals surface area contributed by atoms with Crippen LogP contribution in [-0.2, 0) is 17.8 Å². The van der Waals surface area contributed by atoms with Gasteiger partial charge in [0.05, 0.1) is 11.0 Å². The minimum Gasteiger partial charge on any atom is -0.508 e. The van der Waals surface area contributed by atoms with E-state index in [4.69, 9.17) is 10.5 Å². The Morgan fingerprint density at radius 3 is 2.82 bits per heavy atom. The molecule has 0 saturated carbocycles. The number of nitrogen functional groups attached to an aromatic ring is 1.